The van der Waals surface area contributed by atoms with Crippen LogP contribution in [0.15, 0.2) is 121 Å². The van der Waals surface area contributed by atoms with E-state index in [9.17, 15) is 0 Å². The third-order valence-electron chi connectivity index (χ3n) is 15.6. The fourth-order valence-electron chi connectivity index (χ4n) is 13.0. The Labute approximate surface area is 333 Å². The highest BCUT2D eigenvalue weighted by Gasteiger charge is 2.44. The predicted octanol–water partition coefficient (Wildman–Crippen LogP) is 15.0. The molecule has 12 rings (SSSR count). The van der Waals surface area contributed by atoms with Crippen molar-refractivity contribution < 1.29 is 0 Å². The first-order chi connectivity index (χ1) is 27.7. The molecule has 2 fully saturated rings. The molecule has 0 saturated heterocycles. The van der Waals surface area contributed by atoms with Gasteiger partial charge < -0.3 is 0 Å². The Balaban J connectivity index is 0.966. The molecular weight excluding hydrogens is 673 g/mol. The van der Waals surface area contributed by atoms with E-state index < -0.39 is 0 Å². The molecule has 0 aliphatic heterocycles. The third kappa shape index (κ3) is 4.71. The monoisotopic (exact) mass is 724 g/mol. The van der Waals surface area contributed by atoms with Crippen molar-refractivity contribution in [1.82, 2.24) is 0 Å². The van der Waals surface area contributed by atoms with Gasteiger partial charge >= 0.3 is 0 Å². The first kappa shape index (κ1) is 33.2. The number of hydrogen-bond acceptors (Lipinski definition) is 0. The standard InChI is InChI=1S/C56H52/c1-3-11-31-55(32-12-4-1)49-17-9-7-15-43(49)45-27-23-39(35-51(45)55)41-25-19-37-22-30-48-42(26-20-38-21-29-47(41)53(37)54(38)48)40-24-28-46-44-16-8-10-18-50(44)56(52(46)36-40)33-13-5-2-6-14-34-56/h7-10,15-19,21-30,35-36,41H,1-6,11-14,20,31-34H2. The summed E-state index contributed by atoms with van der Waals surface area (Å²) in [6.45, 7) is 0. The van der Waals surface area contributed by atoms with Crippen molar-refractivity contribution in [2.75, 3.05) is 0 Å². The van der Waals surface area contributed by atoms with Gasteiger partial charge in [0.05, 0.1) is 0 Å². The molecule has 6 aliphatic rings. The summed E-state index contributed by atoms with van der Waals surface area (Å²) >= 11 is 0. The van der Waals surface area contributed by atoms with Gasteiger partial charge in [-0.25, -0.2) is 0 Å². The minimum Gasteiger partial charge on any atom is -0.0720 e. The maximum atomic E-state index is 2.66. The molecule has 0 bridgehead atoms. The summed E-state index contributed by atoms with van der Waals surface area (Å²) in [5.74, 6) is 0.249. The van der Waals surface area contributed by atoms with Crippen molar-refractivity contribution in [3.05, 3.63) is 177 Å². The van der Waals surface area contributed by atoms with Gasteiger partial charge in [-0.15, -0.1) is 0 Å². The molecule has 0 heterocycles. The topological polar surface area (TPSA) is 0 Å². The Kier molecular flexibility index (Phi) is 7.59. The Morgan fingerprint density at radius 2 is 1.02 bits per heavy atom. The molecule has 6 aromatic rings. The van der Waals surface area contributed by atoms with Crippen LogP contribution in [0.3, 0.4) is 0 Å². The number of allylic oxidation sites excluding steroid dienone is 2. The van der Waals surface area contributed by atoms with Crippen LogP contribution in [-0.4, -0.2) is 0 Å². The highest BCUT2D eigenvalue weighted by molar-refractivity contribution is 6.07. The van der Waals surface area contributed by atoms with Gasteiger partial charge in [-0.1, -0.05) is 186 Å². The van der Waals surface area contributed by atoms with E-state index >= 15 is 0 Å². The first-order valence-corrected chi connectivity index (χ1v) is 22.2. The molecule has 1 unspecified atom stereocenters. The number of benzene rings is 6. The van der Waals surface area contributed by atoms with Crippen LogP contribution in [0.5, 0.6) is 0 Å². The number of hydrogen-bond donors (Lipinski definition) is 0. The summed E-state index contributed by atoms with van der Waals surface area (Å²) in [7, 11) is 0. The molecule has 0 heteroatoms. The van der Waals surface area contributed by atoms with Crippen molar-refractivity contribution in [1.29, 1.82) is 0 Å². The highest BCUT2D eigenvalue weighted by Crippen LogP contribution is 2.57. The summed E-state index contributed by atoms with van der Waals surface area (Å²) in [5.41, 5.74) is 22.6. The molecule has 56 heavy (non-hydrogen) atoms. The zero-order chi connectivity index (χ0) is 36.8. The highest BCUT2D eigenvalue weighted by atomic mass is 14.5. The summed E-state index contributed by atoms with van der Waals surface area (Å²) in [6.07, 6.45) is 27.1. The van der Waals surface area contributed by atoms with E-state index in [-0.39, 0.29) is 16.7 Å². The molecule has 0 radical (unpaired) electrons. The van der Waals surface area contributed by atoms with Gasteiger partial charge in [0, 0.05) is 16.7 Å². The van der Waals surface area contributed by atoms with Crippen molar-refractivity contribution in [2.24, 2.45) is 0 Å². The Morgan fingerprint density at radius 1 is 0.446 bits per heavy atom. The quantitative estimate of drug-likeness (QED) is 0.167. The number of fused-ring (bicyclic) bond motifs is 10. The second kappa shape index (κ2) is 12.8. The molecule has 2 saturated carbocycles. The lowest BCUT2D eigenvalue weighted by Gasteiger charge is -2.35. The minimum absolute atomic E-state index is 0.145. The second-order valence-electron chi connectivity index (χ2n) is 18.3. The van der Waals surface area contributed by atoms with E-state index in [0.29, 0.717) is 0 Å². The average Bonchev–Trinajstić information content (AvgIpc) is 3.66. The van der Waals surface area contributed by atoms with Gasteiger partial charge in [0.2, 0.25) is 0 Å². The molecule has 0 aromatic heterocycles. The fraction of sp³-hybridized carbons (Fsp3) is 0.321. The smallest absolute Gasteiger partial charge is 0.0279 e. The maximum Gasteiger partial charge on any atom is 0.0279 e. The molecule has 0 nitrogen and oxygen atoms in total. The van der Waals surface area contributed by atoms with E-state index in [1.54, 1.807) is 22.3 Å². The Bertz CT molecular complexity index is 2630. The molecule has 0 amide bonds. The maximum absolute atomic E-state index is 2.66. The number of rotatable bonds is 2. The molecular formula is C56H52. The lowest BCUT2D eigenvalue weighted by molar-refractivity contribution is 0.373. The van der Waals surface area contributed by atoms with Gasteiger partial charge in [-0.2, -0.15) is 0 Å². The molecule has 276 valence electrons. The van der Waals surface area contributed by atoms with Crippen LogP contribution in [0, 0.1) is 0 Å². The predicted molar refractivity (Wildman–Crippen MR) is 236 cm³/mol. The van der Waals surface area contributed by atoms with Crippen molar-refractivity contribution in [3.8, 4) is 22.3 Å². The van der Waals surface area contributed by atoms with Gasteiger partial charge in [0.25, 0.3) is 0 Å². The Morgan fingerprint density at radius 3 is 1.70 bits per heavy atom. The molecule has 6 aliphatic carbocycles. The van der Waals surface area contributed by atoms with E-state index in [0.717, 1.165) is 6.42 Å². The molecule has 0 N–H and O–H groups in total. The SMILES string of the molecule is C1=CC(c2ccc3c(c2)C2(CCCCCCC2)c2ccccc2-3)c2ccc3c4c(ccc1c24)C(c1ccc2c(c1)C1(CCCCCCC1)c1ccccc1-2)=CC3. The van der Waals surface area contributed by atoms with Crippen molar-refractivity contribution in [2.45, 2.75) is 113 Å². The Hall–Kier alpha value is -4.94. The summed E-state index contributed by atoms with van der Waals surface area (Å²) in [5, 5.41) is 2.97. The van der Waals surface area contributed by atoms with E-state index in [1.807, 2.05) is 0 Å². The van der Waals surface area contributed by atoms with Crippen LogP contribution in [0.2, 0.25) is 0 Å². The van der Waals surface area contributed by atoms with Crippen LogP contribution in [0.25, 0.3) is 44.7 Å². The van der Waals surface area contributed by atoms with Crippen LogP contribution >= 0.6 is 0 Å². The van der Waals surface area contributed by atoms with Crippen LogP contribution in [0.4, 0.5) is 0 Å². The lowest BCUT2D eigenvalue weighted by atomic mass is 9.68. The van der Waals surface area contributed by atoms with Crippen molar-refractivity contribution >= 4 is 22.4 Å². The van der Waals surface area contributed by atoms with Crippen LogP contribution in [-0.2, 0) is 17.3 Å². The van der Waals surface area contributed by atoms with Crippen LogP contribution in [0.1, 0.15) is 151 Å². The van der Waals surface area contributed by atoms with Crippen molar-refractivity contribution in [3.63, 3.8) is 0 Å². The third-order valence-corrected chi connectivity index (χ3v) is 15.6. The van der Waals surface area contributed by atoms with E-state index in [2.05, 4.69) is 127 Å². The fourth-order valence-corrected chi connectivity index (χ4v) is 13.0. The summed E-state index contributed by atoms with van der Waals surface area (Å²) in [4.78, 5) is 0. The molecule has 2 spiro atoms. The molecule has 6 aromatic carbocycles. The lowest BCUT2D eigenvalue weighted by Crippen LogP contribution is -2.26. The first-order valence-electron chi connectivity index (χ1n) is 22.2. The van der Waals surface area contributed by atoms with Gasteiger partial charge in [-0.05, 0) is 132 Å². The van der Waals surface area contributed by atoms with Gasteiger partial charge in [-0.3, -0.25) is 0 Å². The summed E-state index contributed by atoms with van der Waals surface area (Å²) < 4.78 is 0. The second-order valence-corrected chi connectivity index (χ2v) is 18.3. The van der Waals surface area contributed by atoms with Crippen LogP contribution < -0.4 is 0 Å². The van der Waals surface area contributed by atoms with Gasteiger partial charge in [0.1, 0.15) is 0 Å². The normalized spacial score (nSPS) is 21.0. The minimum atomic E-state index is 0.145. The average molecular weight is 725 g/mol. The molecule has 1 atom stereocenters. The zero-order valence-corrected chi connectivity index (χ0v) is 32.8. The van der Waals surface area contributed by atoms with E-state index in [4.69, 9.17) is 0 Å². The zero-order valence-electron chi connectivity index (χ0n) is 32.8. The van der Waals surface area contributed by atoms with Gasteiger partial charge in [0.15, 0.2) is 0 Å². The summed E-state index contributed by atoms with van der Waals surface area (Å²) in [6, 6.07) is 43.7. The van der Waals surface area contributed by atoms with E-state index in [1.165, 1.54) is 162 Å². The largest absolute Gasteiger partial charge is 0.0720 e.